The van der Waals surface area contributed by atoms with Gasteiger partial charge in [0.15, 0.2) is 0 Å². The van der Waals surface area contributed by atoms with E-state index in [-0.39, 0.29) is 5.70 Å². The fraction of sp³-hybridized carbons (Fsp3) is 0. The fourth-order valence-corrected chi connectivity index (χ4v) is 4.34. The van der Waals surface area contributed by atoms with E-state index in [4.69, 9.17) is 4.74 Å². The van der Waals surface area contributed by atoms with Gasteiger partial charge in [0.1, 0.15) is 17.2 Å². The molecule has 0 radical (unpaired) electrons. The molecular weight excluding hydrogens is 525 g/mol. The minimum Gasteiger partial charge on any atom is -0.477 e. The third-order valence-electron chi connectivity index (χ3n) is 4.38. The van der Waals surface area contributed by atoms with Crippen molar-refractivity contribution in [1.29, 1.82) is 0 Å². The van der Waals surface area contributed by atoms with E-state index in [1.165, 1.54) is 17.4 Å². The first-order valence-electron chi connectivity index (χ1n) is 9.27. The molecule has 3 aromatic carbocycles. The molecule has 0 bridgehead atoms. The minimum absolute atomic E-state index is 0.200. The maximum Gasteiger partial charge on any atom is 0.352 e. The van der Waals surface area contributed by atoms with Crippen molar-refractivity contribution in [3.8, 4) is 11.5 Å². The molecule has 0 unspecified atom stereocenters. The SMILES string of the molecule is O=C(O)/C(=C/c1ccc(Oc2ccccc2I)cc1)NC(=O)c1cc2ccccc2s1. The van der Waals surface area contributed by atoms with Gasteiger partial charge in [-0.05, 0) is 76.0 Å². The van der Waals surface area contributed by atoms with Crippen molar-refractivity contribution in [2.24, 2.45) is 0 Å². The number of hydrogen-bond donors (Lipinski definition) is 2. The van der Waals surface area contributed by atoms with Crippen LogP contribution in [0.3, 0.4) is 0 Å². The summed E-state index contributed by atoms with van der Waals surface area (Å²) in [5.74, 6) is -0.289. The van der Waals surface area contributed by atoms with E-state index in [0.29, 0.717) is 16.2 Å². The molecule has 0 saturated heterocycles. The van der Waals surface area contributed by atoms with Crippen molar-refractivity contribution in [3.05, 3.63) is 98.6 Å². The molecule has 0 spiro atoms. The highest BCUT2D eigenvalue weighted by molar-refractivity contribution is 14.1. The largest absolute Gasteiger partial charge is 0.477 e. The van der Waals surface area contributed by atoms with Gasteiger partial charge < -0.3 is 15.2 Å². The Morgan fingerprint density at radius 2 is 1.68 bits per heavy atom. The number of ether oxygens (including phenoxy) is 1. The molecule has 0 saturated carbocycles. The Hall–Kier alpha value is -3.17. The van der Waals surface area contributed by atoms with Crippen LogP contribution >= 0.6 is 33.9 Å². The lowest BCUT2D eigenvalue weighted by atomic mass is 10.2. The molecule has 31 heavy (non-hydrogen) atoms. The molecule has 1 heterocycles. The Labute approximate surface area is 196 Å². The maximum atomic E-state index is 12.6. The molecule has 5 nitrogen and oxygen atoms in total. The summed E-state index contributed by atoms with van der Waals surface area (Å²) < 4.78 is 7.81. The van der Waals surface area contributed by atoms with Crippen LogP contribution in [0.5, 0.6) is 11.5 Å². The highest BCUT2D eigenvalue weighted by Crippen LogP contribution is 2.27. The van der Waals surface area contributed by atoms with Gasteiger partial charge in [-0.1, -0.05) is 42.5 Å². The molecule has 154 valence electrons. The monoisotopic (exact) mass is 541 g/mol. The number of carboxylic acid groups (broad SMARTS) is 1. The van der Waals surface area contributed by atoms with Crippen LogP contribution in [0.2, 0.25) is 0 Å². The Morgan fingerprint density at radius 3 is 2.39 bits per heavy atom. The molecule has 0 aliphatic carbocycles. The lowest BCUT2D eigenvalue weighted by Gasteiger charge is -2.08. The second-order valence-corrected chi connectivity index (χ2v) is 8.81. The lowest BCUT2D eigenvalue weighted by Crippen LogP contribution is -2.26. The number of para-hydroxylation sites is 1. The van der Waals surface area contributed by atoms with Crippen LogP contribution in [0.15, 0.2) is 84.6 Å². The number of halogens is 1. The van der Waals surface area contributed by atoms with Gasteiger partial charge in [0.25, 0.3) is 5.91 Å². The second kappa shape index (κ2) is 9.32. The quantitative estimate of drug-likeness (QED) is 0.227. The smallest absolute Gasteiger partial charge is 0.352 e. The predicted molar refractivity (Wildman–Crippen MR) is 131 cm³/mol. The lowest BCUT2D eigenvalue weighted by molar-refractivity contribution is -0.132. The topological polar surface area (TPSA) is 75.6 Å². The van der Waals surface area contributed by atoms with Gasteiger partial charge in [-0.3, -0.25) is 4.79 Å². The number of aliphatic carboxylic acids is 1. The zero-order valence-corrected chi connectivity index (χ0v) is 19.0. The summed E-state index contributed by atoms with van der Waals surface area (Å²) >= 11 is 3.52. The molecule has 0 atom stereocenters. The van der Waals surface area contributed by atoms with Crippen LogP contribution in [-0.2, 0) is 4.79 Å². The van der Waals surface area contributed by atoms with E-state index in [9.17, 15) is 14.7 Å². The first-order chi connectivity index (χ1) is 15.0. The normalized spacial score (nSPS) is 11.3. The van der Waals surface area contributed by atoms with Crippen LogP contribution in [0, 0.1) is 3.57 Å². The number of carbonyl (C=O) groups is 2. The zero-order valence-electron chi connectivity index (χ0n) is 16.0. The van der Waals surface area contributed by atoms with E-state index < -0.39 is 11.9 Å². The van der Waals surface area contributed by atoms with Gasteiger partial charge >= 0.3 is 5.97 Å². The van der Waals surface area contributed by atoms with Crippen molar-refractivity contribution in [2.75, 3.05) is 0 Å². The first kappa shape index (κ1) is 21.1. The Kier molecular flexibility index (Phi) is 6.34. The summed E-state index contributed by atoms with van der Waals surface area (Å²) in [5, 5.41) is 13.0. The van der Waals surface area contributed by atoms with E-state index in [2.05, 4.69) is 27.9 Å². The Morgan fingerprint density at radius 1 is 0.968 bits per heavy atom. The molecule has 4 rings (SSSR count). The third-order valence-corrected chi connectivity index (χ3v) is 6.39. The molecular formula is C24H16INO4S. The van der Waals surface area contributed by atoms with Crippen LogP contribution in [-0.4, -0.2) is 17.0 Å². The van der Waals surface area contributed by atoms with Gasteiger partial charge in [0, 0.05) is 4.70 Å². The molecule has 4 aromatic rings. The standard InChI is InChI=1S/C24H16INO4S/c25-18-6-2-3-7-20(18)30-17-11-9-15(10-12-17)13-19(24(28)29)26-23(27)22-14-16-5-1-4-8-21(16)31-22/h1-14H,(H,26,27)(H,28,29)/b19-13-. The fourth-order valence-electron chi connectivity index (χ4n) is 2.88. The van der Waals surface area contributed by atoms with E-state index in [1.807, 2.05) is 48.5 Å². The Bertz CT molecular complexity index is 1260. The number of rotatable bonds is 6. The number of hydrogen-bond acceptors (Lipinski definition) is 4. The van der Waals surface area contributed by atoms with Gasteiger partial charge in [-0.15, -0.1) is 11.3 Å². The summed E-state index contributed by atoms with van der Waals surface area (Å²) in [6, 6.07) is 24.0. The van der Waals surface area contributed by atoms with Gasteiger partial charge in [0.2, 0.25) is 0 Å². The van der Waals surface area contributed by atoms with Crippen LogP contribution in [0.25, 0.3) is 16.2 Å². The molecule has 0 aliphatic heterocycles. The molecule has 0 fully saturated rings. The van der Waals surface area contributed by atoms with Gasteiger partial charge in [-0.25, -0.2) is 4.79 Å². The van der Waals surface area contributed by atoms with E-state index >= 15 is 0 Å². The molecule has 7 heteroatoms. The first-order valence-corrected chi connectivity index (χ1v) is 11.2. The average molecular weight is 541 g/mol. The van der Waals surface area contributed by atoms with Crippen molar-refractivity contribution < 1.29 is 19.4 Å². The third kappa shape index (κ3) is 5.12. The summed E-state index contributed by atoms with van der Waals surface area (Å²) in [4.78, 5) is 24.7. The highest BCUT2D eigenvalue weighted by Gasteiger charge is 2.15. The number of carbonyl (C=O) groups excluding carboxylic acids is 1. The summed E-state index contributed by atoms with van der Waals surface area (Å²) in [7, 11) is 0. The highest BCUT2D eigenvalue weighted by atomic mass is 127. The molecule has 0 aliphatic rings. The number of benzene rings is 3. The zero-order chi connectivity index (χ0) is 21.8. The number of nitrogens with one attached hydrogen (secondary N) is 1. The van der Waals surface area contributed by atoms with E-state index in [0.717, 1.165) is 19.4 Å². The molecule has 1 amide bonds. The average Bonchev–Trinajstić information content (AvgIpc) is 3.20. The second-order valence-electron chi connectivity index (χ2n) is 6.57. The van der Waals surface area contributed by atoms with Crippen LogP contribution < -0.4 is 10.1 Å². The molecule has 1 aromatic heterocycles. The van der Waals surface area contributed by atoms with Crippen molar-refractivity contribution in [2.45, 2.75) is 0 Å². The van der Waals surface area contributed by atoms with Crippen molar-refractivity contribution in [1.82, 2.24) is 5.32 Å². The Balaban J connectivity index is 1.51. The summed E-state index contributed by atoms with van der Waals surface area (Å²) in [5.41, 5.74) is 0.429. The summed E-state index contributed by atoms with van der Waals surface area (Å²) in [6.07, 6.45) is 1.42. The van der Waals surface area contributed by atoms with Gasteiger partial charge in [0.05, 0.1) is 8.45 Å². The number of carboxylic acids is 1. The number of thiophene rings is 1. The van der Waals surface area contributed by atoms with E-state index in [1.54, 1.807) is 30.3 Å². The van der Waals surface area contributed by atoms with Crippen LogP contribution in [0.1, 0.15) is 15.2 Å². The van der Waals surface area contributed by atoms with Crippen molar-refractivity contribution >= 4 is 62.0 Å². The maximum absolute atomic E-state index is 12.6. The van der Waals surface area contributed by atoms with Crippen LogP contribution in [0.4, 0.5) is 0 Å². The number of amides is 1. The summed E-state index contributed by atoms with van der Waals surface area (Å²) in [6.45, 7) is 0. The number of fused-ring (bicyclic) bond motifs is 1. The minimum atomic E-state index is -1.21. The van der Waals surface area contributed by atoms with Gasteiger partial charge in [-0.2, -0.15) is 0 Å². The van der Waals surface area contributed by atoms with Crippen molar-refractivity contribution in [3.63, 3.8) is 0 Å². The predicted octanol–water partition coefficient (Wildman–Crippen LogP) is 6.15. The molecule has 2 N–H and O–H groups in total.